The molecule has 34 heavy (non-hydrogen) atoms. The van der Waals surface area contributed by atoms with Gasteiger partial charge in [-0.1, -0.05) is 90.5 Å². The number of amides is 1. The van der Waals surface area contributed by atoms with E-state index in [2.05, 4.69) is 42.5 Å². The molecule has 0 saturated carbocycles. The van der Waals surface area contributed by atoms with Crippen LogP contribution in [0.15, 0.2) is 102 Å². The highest BCUT2D eigenvalue weighted by Crippen LogP contribution is 2.33. The summed E-state index contributed by atoms with van der Waals surface area (Å²) in [7, 11) is 1.95. The lowest BCUT2D eigenvalue weighted by molar-refractivity contribution is -0.134. The van der Waals surface area contributed by atoms with E-state index in [-0.39, 0.29) is 18.5 Å². The fourth-order valence-electron chi connectivity index (χ4n) is 4.48. The van der Waals surface area contributed by atoms with Crippen LogP contribution in [-0.4, -0.2) is 35.1 Å². The van der Waals surface area contributed by atoms with Gasteiger partial charge < -0.3 is 0 Å². The quantitative estimate of drug-likeness (QED) is 0.333. The maximum Gasteiger partial charge on any atom is 0.257 e. The lowest BCUT2D eigenvalue weighted by Gasteiger charge is -2.25. The van der Waals surface area contributed by atoms with E-state index >= 15 is 0 Å². The zero-order valence-electron chi connectivity index (χ0n) is 19.1. The molecule has 1 heterocycles. The minimum absolute atomic E-state index is 0.0129. The predicted molar refractivity (Wildman–Crippen MR) is 139 cm³/mol. The van der Waals surface area contributed by atoms with E-state index < -0.39 is 0 Å². The Kier molecular flexibility index (Phi) is 6.43. The molecule has 1 atom stereocenters. The smallest absolute Gasteiger partial charge is 0.257 e. The van der Waals surface area contributed by atoms with Gasteiger partial charge in [0.05, 0.1) is 18.3 Å². The lowest BCUT2D eigenvalue weighted by atomic mass is 9.97. The van der Waals surface area contributed by atoms with E-state index in [9.17, 15) is 4.79 Å². The fourth-order valence-corrected chi connectivity index (χ4v) is 4.61. The van der Waals surface area contributed by atoms with Gasteiger partial charge in [0.1, 0.15) is 0 Å². The zero-order chi connectivity index (χ0) is 23.5. The number of rotatable bonds is 6. The molecule has 0 fully saturated rings. The SMILES string of the molecule is CN(CC(=O)N1N=C(c2ccc3ccccc3c2)C[C@H]1c1ccccc1)Cc1ccc(Cl)cc1. The average molecular weight is 468 g/mol. The van der Waals surface area contributed by atoms with Crippen LogP contribution < -0.4 is 0 Å². The largest absolute Gasteiger partial charge is 0.293 e. The van der Waals surface area contributed by atoms with Crippen LogP contribution in [0.2, 0.25) is 5.02 Å². The number of likely N-dealkylation sites (N-methyl/N-ethyl adjacent to an activating group) is 1. The summed E-state index contributed by atoms with van der Waals surface area (Å²) in [5, 5.41) is 9.61. The van der Waals surface area contributed by atoms with Gasteiger partial charge in [0.25, 0.3) is 5.91 Å². The van der Waals surface area contributed by atoms with Gasteiger partial charge in [-0.2, -0.15) is 5.10 Å². The molecule has 0 spiro atoms. The van der Waals surface area contributed by atoms with Crippen molar-refractivity contribution in [1.29, 1.82) is 0 Å². The number of halogens is 1. The first kappa shape index (κ1) is 22.3. The standard InChI is InChI=1S/C29H26ClN3O/c1-32(19-21-11-15-26(30)16-12-21)20-29(34)33-28(23-8-3-2-4-9-23)18-27(31-33)25-14-13-22-7-5-6-10-24(22)17-25/h2-17,28H,18-20H2,1H3/t28-/m0/s1. The average Bonchev–Trinajstić information content (AvgIpc) is 3.31. The summed E-state index contributed by atoms with van der Waals surface area (Å²) in [5.74, 6) is -0.0129. The summed E-state index contributed by atoms with van der Waals surface area (Å²) in [5.41, 5.74) is 4.20. The predicted octanol–water partition coefficient (Wildman–Crippen LogP) is 6.30. The van der Waals surface area contributed by atoms with E-state index in [1.54, 1.807) is 5.01 Å². The molecule has 1 aliphatic heterocycles. The number of hydrazone groups is 1. The van der Waals surface area contributed by atoms with Crippen molar-refractivity contribution in [3.05, 3.63) is 119 Å². The Hall–Kier alpha value is -3.47. The number of nitrogens with zero attached hydrogens (tertiary/aromatic N) is 3. The molecule has 1 aliphatic rings. The maximum absolute atomic E-state index is 13.4. The number of hydrogen-bond donors (Lipinski definition) is 0. The van der Waals surface area contributed by atoms with Crippen LogP contribution in [0.4, 0.5) is 0 Å². The number of carbonyl (C=O) groups is 1. The molecule has 0 unspecified atom stereocenters. The van der Waals surface area contributed by atoms with Crippen molar-refractivity contribution >= 4 is 34.0 Å². The van der Waals surface area contributed by atoms with Gasteiger partial charge >= 0.3 is 0 Å². The lowest BCUT2D eigenvalue weighted by Crippen LogP contribution is -2.36. The molecule has 1 amide bonds. The minimum Gasteiger partial charge on any atom is -0.293 e. The van der Waals surface area contributed by atoms with Crippen LogP contribution in [0, 0.1) is 0 Å². The van der Waals surface area contributed by atoms with Crippen molar-refractivity contribution in [2.45, 2.75) is 19.0 Å². The van der Waals surface area contributed by atoms with Gasteiger partial charge in [0, 0.05) is 18.0 Å². The Morgan fingerprint density at radius 1 is 0.941 bits per heavy atom. The van der Waals surface area contributed by atoms with Gasteiger partial charge in [-0.3, -0.25) is 9.69 Å². The van der Waals surface area contributed by atoms with E-state index in [4.69, 9.17) is 16.7 Å². The molecular weight excluding hydrogens is 442 g/mol. The zero-order valence-corrected chi connectivity index (χ0v) is 19.8. The minimum atomic E-state index is -0.112. The number of carbonyl (C=O) groups excluding carboxylic acids is 1. The number of benzene rings is 4. The molecule has 0 saturated heterocycles. The van der Waals surface area contributed by atoms with Gasteiger partial charge in [0.2, 0.25) is 0 Å². The van der Waals surface area contributed by atoms with Crippen molar-refractivity contribution < 1.29 is 4.79 Å². The molecule has 5 rings (SSSR count). The molecule has 4 aromatic carbocycles. The van der Waals surface area contributed by atoms with Crippen molar-refractivity contribution in [2.75, 3.05) is 13.6 Å². The second-order valence-corrected chi connectivity index (χ2v) is 9.21. The van der Waals surface area contributed by atoms with Crippen molar-refractivity contribution in [3.63, 3.8) is 0 Å². The molecule has 5 heteroatoms. The summed E-state index contributed by atoms with van der Waals surface area (Å²) in [4.78, 5) is 15.4. The first-order valence-corrected chi connectivity index (χ1v) is 11.8. The highest BCUT2D eigenvalue weighted by Gasteiger charge is 2.33. The number of hydrogen-bond acceptors (Lipinski definition) is 3. The van der Waals surface area contributed by atoms with E-state index in [1.165, 1.54) is 10.8 Å². The first-order valence-electron chi connectivity index (χ1n) is 11.4. The van der Waals surface area contributed by atoms with E-state index in [1.807, 2.05) is 66.5 Å². The monoisotopic (exact) mass is 467 g/mol. The van der Waals surface area contributed by atoms with Gasteiger partial charge in [-0.15, -0.1) is 0 Å². The van der Waals surface area contributed by atoms with E-state index in [0.29, 0.717) is 18.0 Å². The molecule has 4 aromatic rings. The van der Waals surface area contributed by atoms with Crippen LogP contribution >= 0.6 is 11.6 Å². The van der Waals surface area contributed by atoms with Crippen LogP contribution in [0.1, 0.15) is 29.2 Å². The second kappa shape index (κ2) is 9.80. The molecule has 0 aromatic heterocycles. The first-order chi connectivity index (χ1) is 16.6. The Balaban J connectivity index is 1.39. The maximum atomic E-state index is 13.4. The third-order valence-corrected chi connectivity index (χ3v) is 6.46. The molecule has 4 nitrogen and oxygen atoms in total. The van der Waals surface area contributed by atoms with Crippen LogP contribution in [0.25, 0.3) is 10.8 Å². The van der Waals surface area contributed by atoms with E-state index in [0.717, 1.165) is 22.4 Å². The van der Waals surface area contributed by atoms with Crippen LogP contribution in [0.3, 0.4) is 0 Å². The normalized spacial score (nSPS) is 15.7. The highest BCUT2D eigenvalue weighted by molar-refractivity contribution is 6.30. The van der Waals surface area contributed by atoms with Crippen molar-refractivity contribution in [1.82, 2.24) is 9.91 Å². The summed E-state index contributed by atoms with van der Waals surface area (Å²) >= 11 is 6.00. The number of fused-ring (bicyclic) bond motifs is 1. The summed E-state index contributed by atoms with van der Waals surface area (Å²) in [6.45, 7) is 0.939. The Labute approximate surface area is 205 Å². The van der Waals surface area contributed by atoms with Gasteiger partial charge in [-0.05, 0) is 52.7 Å². The highest BCUT2D eigenvalue weighted by atomic mass is 35.5. The second-order valence-electron chi connectivity index (χ2n) is 8.78. The molecule has 0 N–H and O–H groups in total. The third-order valence-electron chi connectivity index (χ3n) is 6.20. The van der Waals surface area contributed by atoms with Crippen LogP contribution in [-0.2, 0) is 11.3 Å². The van der Waals surface area contributed by atoms with Crippen molar-refractivity contribution in [3.8, 4) is 0 Å². The molecule has 0 radical (unpaired) electrons. The molecule has 0 bridgehead atoms. The molecule has 170 valence electrons. The van der Waals surface area contributed by atoms with Gasteiger partial charge in [-0.25, -0.2) is 5.01 Å². The Morgan fingerprint density at radius 2 is 1.65 bits per heavy atom. The molecular formula is C29H26ClN3O. The van der Waals surface area contributed by atoms with Gasteiger partial charge in [0.15, 0.2) is 0 Å². The Morgan fingerprint density at radius 3 is 2.41 bits per heavy atom. The van der Waals surface area contributed by atoms with Crippen molar-refractivity contribution in [2.24, 2.45) is 5.10 Å². The molecule has 0 aliphatic carbocycles. The fraction of sp³-hybridized carbons (Fsp3) is 0.172. The summed E-state index contributed by atoms with van der Waals surface area (Å²) in [6.07, 6.45) is 0.689. The van der Waals surface area contributed by atoms with Crippen LogP contribution in [0.5, 0.6) is 0 Å². The third kappa shape index (κ3) is 4.89. The summed E-state index contributed by atoms with van der Waals surface area (Å²) < 4.78 is 0. The summed E-state index contributed by atoms with van der Waals surface area (Å²) in [6, 6.07) is 32.5. The topological polar surface area (TPSA) is 35.9 Å². The Bertz CT molecular complexity index is 1330.